The lowest BCUT2D eigenvalue weighted by atomic mass is 9.69. The average Bonchev–Trinajstić information content (AvgIpc) is 2.99. The van der Waals surface area contributed by atoms with E-state index in [1.54, 1.807) is 12.4 Å². The fourth-order valence-electron chi connectivity index (χ4n) is 7.60. The molecule has 8 nitrogen and oxygen atoms in total. The number of carbonyl (C=O) groups is 2. The topological polar surface area (TPSA) is 72.9 Å². The van der Waals surface area contributed by atoms with Crippen LogP contribution in [0.4, 0.5) is 5.82 Å². The lowest BCUT2D eigenvalue weighted by Crippen LogP contribution is -2.65. The van der Waals surface area contributed by atoms with Gasteiger partial charge in [-0.15, -0.1) is 0 Å². The molecule has 0 spiro atoms. The second kappa shape index (κ2) is 11.4. The SMILES string of the molecule is O=C(CCC[C@@H]1[C@H]2CCCN3CCC[C@@H](CN1C(=O)c1cccnc1)[C@@H]23)N1CCN(c2ccccn2)CC1. The third kappa shape index (κ3) is 5.15. The Morgan fingerprint density at radius 1 is 0.921 bits per heavy atom. The van der Waals surface area contributed by atoms with E-state index in [1.165, 1.54) is 38.8 Å². The molecule has 4 atom stereocenters. The minimum atomic E-state index is 0.112. The summed E-state index contributed by atoms with van der Waals surface area (Å²) in [5.74, 6) is 2.40. The van der Waals surface area contributed by atoms with Gasteiger partial charge in [0, 0.05) is 69.8 Å². The number of nitrogens with zero attached hydrogens (tertiary/aromatic N) is 6. The lowest BCUT2D eigenvalue weighted by molar-refractivity contribution is -0.131. The second-order valence-electron chi connectivity index (χ2n) is 11.4. The zero-order valence-corrected chi connectivity index (χ0v) is 22.3. The Kier molecular flexibility index (Phi) is 7.58. The number of hydrogen-bond acceptors (Lipinski definition) is 6. The van der Waals surface area contributed by atoms with Crippen LogP contribution in [-0.4, -0.2) is 94.4 Å². The third-order valence-electron chi connectivity index (χ3n) is 9.34. The van der Waals surface area contributed by atoms with Crippen molar-refractivity contribution in [1.82, 2.24) is 24.7 Å². The van der Waals surface area contributed by atoms with Crippen LogP contribution in [0, 0.1) is 11.8 Å². The van der Waals surface area contributed by atoms with Crippen molar-refractivity contribution in [3.05, 3.63) is 54.5 Å². The number of hydrogen-bond donors (Lipinski definition) is 0. The molecule has 2 aromatic heterocycles. The molecule has 6 rings (SSSR count). The molecule has 202 valence electrons. The first-order valence-corrected chi connectivity index (χ1v) is 14.6. The molecular weight excluding hydrogens is 476 g/mol. The maximum Gasteiger partial charge on any atom is 0.255 e. The van der Waals surface area contributed by atoms with Crippen LogP contribution in [-0.2, 0) is 4.79 Å². The maximum absolute atomic E-state index is 13.7. The van der Waals surface area contributed by atoms with Crippen LogP contribution >= 0.6 is 0 Å². The first kappa shape index (κ1) is 25.3. The summed E-state index contributed by atoms with van der Waals surface area (Å²) in [5, 5.41) is 0. The number of likely N-dealkylation sites (tertiary alicyclic amines) is 1. The van der Waals surface area contributed by atoms with Crippen LogP contribution in [0.15, 0.2) is 48.9 Å². The van der Waals surface area contributed by atoms with Crippen molar-refractivity contribution in [1.29, 1.82) is 0 Å². The number of anilines is 1. The molecule has 8 heteroatoms. The highest BCUT2D eigenvalue weighted by atomic mass is 16.2. The van der Waals surface area contributed by atoms with E-state index in [-0.39, 0.29) is 17.9 Å². The number of aromatic nitrogens is 2. The van der Waals surface area contributed by atoms with Gasteiger partial charge in [-0.2, -0.15) is 0 Å². The van der Waals surface area contributed by atoms with Crippen molar-refractivity contribution in [2.45, 2.75) is 57.0 Å². The molecule has 6 heterocycles. The Morgan fingerprint density at radius 2 is 1.76 bits per heavy atom. The van der Waals surface area contributed by atoms with Gasteiger partial charge >= 0.3 is 0 Å². The number of amides is 2. The molecule has 0 saturated carbocycles. The van der Waals surface area contributed by atoms with Crippen molar-refractivity contribution >= 4 is 17.6 Å². The summed E-state index contributed by atoms with van der Waals surface area (Å²) in [6, 6.07) is 10.5. The summed E-state index contributed by atoms with van der Waals surface area (Å²) in [7, 11) is 0. The Balaban J connectivity index is 1.10. The smallest absolute Gasteiger partial charge is 0.255 e. The Morgan fingerprint density at radius 3 is 2.53 bits per heavy atom. The van der Waals surface area contributed by atoms with Gasteiger partial charge in [-0.3, -0.25) is 19.5 Å². The van der Waals surface area contributed by atoms with E-state index in [0.29, 0.717) is 29.9 Å². The van der Waals surface area contributed by atoms with Gasteiger partial charge in [0.25, 0.3) is 5.91 Å². The zero-order valence-electron chi connectivity index (χ0n) is 22.3. The van der Waals surface area contributed by atoms with Crippen molar-refractivity contribution in [3.63, 3.8) is 0 Å². The molecule has 2 amide bonds. The lowest BCUT2D eigenvalue weighted by Gasteiger charge is -2.57. The number of pyridine rings is 2. The summed E-state index contributed by atoms with van der Waals surface area (Å²) in [6.45, 7) is 6.35. The Hall–Kier alpha value is -3.00. The van der Waals surface area contributed by atoms with Gasteiger partial charge < -0.3 is 14.7 Å². The van der Waals surface area contributed by atoms with E-state index in [9.17, 15) is 9.59 Å². The van der Waals surface area contributed by atoms with Gasteiger partial charge in [-0.05, 0) is 87.7 Å². The summed E-state index contributed by atoms with van der Waals surface area (Å²) < 4.78 is 0. The average molecular weight is 517 g/mol. The van der Waals surface area contributed by atoms with Crippen molar-refractivity contribution in [3.8, 4) is 0 Å². The summed E-state index contributed by atoms with van der Waals surface area (Å²) in [4.78, 5) is 44.7. The van der Waals surface area contributed by atoms with E-state index >= 15 is 0 Å². The normalized spacial score (nSPS) is 27.6. The van der Waals surface area contributed by atoms with Gasteiger partial charge in [0.15, 0.2) is 0 Å². The molecule has 4 aliphatic heterocycles. The van der Waals surface area contributed by atoms with E-state index in [1.807, 2.05) is 41.4 Å². The molecule has 0 bridgehead atoms. The van der Waals surface area contributed by atoms with Crippen molar-refractivity contribution in [2.75, 3.05) is 50.7 Å². The molecule has 0 aromatic carbocycles. The molecule has 0 radical (unpaired) electrons. The highest BCUT2D eigenvalue weighted by Crippen LogP contribution is 2.43. The van der Waals surface area contributed by atoms with Gasteiger partial charge in [0.2, 0.25) is 5.91 Å². The Labute approximate surface area is 226 Å². The quantitative estimate of drug-likeness (QED) is 0.587. The molecule has 0 N–H and O–H groups in total. The standard InChI is InChI=1S/C30H40N6O2/c37-28(34-19-17-33(18-20-34)27-11-1-2-14-32-27)12-3-10-26-25-9-6-16-35-15-5-8-24(29(25)35)22-36(26)30(38)23-7-4-13-31-21-23/h1-2,4,7,11,13-14,21,24-26,29H,3,5-6,8-10,12,15-20,22H2/t24-,25+,26+,29-/m0/s1. The van der Waals surface area contributed by atoms with Crippen LogP contribution < -0.4 is 4.90 Å². The number of piperazine rings is 1. The van der Waals surface area contributed by atoms with Gasteiger partial charge in [0.1, 0.15) is 5.82 Å². The highest BCUT2D eigenvalue weighted by Gasteiger charge is 2.49. The Bertz CT molecular complexity index is 1090. The summed E-state index contributed by atoms with van der Waals surface area (Å²) >= 11 is 0. The van der Waals surface area contributed by atoms with Crippen molar-refractivity contribution in [2.24, 2.45) is 11.8 Å². The first-order chi connectivity index (χ1) is 18.7. The monoisotopic (exact) mass is 516 g/mol. The van der Waals surface area contributed by atoms with E-state index in [2.05, 4.69) is 24.7 Å². The van der Waals surface area contributed by atoms with Gasteiger partial charge in [0.05, 0.1) is 5.56 Å². The van der Waals surface area contributed by atoms with Crippen LogP contribution in [0.3, 0.4) is 0 Å². The van der Waals surface area contributed by atoms with Crippen molar-refractivity contribution < 1.29 is 9.59 Å². The molecule has 4 aliphatic rings. The minimum absolute atomic E-state index is 0.112. The summed E-state index contributed by atoms with van der Waals surface area (Å²) in [5.41, 5.74) is 0.682. The molecule has 0 unspecified atom stereocenters. The number of piperidine rings is 3. The van der Waals surface area contributed by atoms with E-state index < -0.39 is 0 Å². The molecule has 4 fully saturated rings. The van der Waals surface area contributed by atoms with Crippen LogP contribution in [0.1, 0.15) is 55.3 Å². The third-order valence-corrected chi connectivity index (χ3v) is 9.34. The fraction of sp³-hybridized carbons (Fsp3) is 0.600. The maximum atomic E-state index is 13.7. The zero-order chi connectivity index (χ0) is 25.9. The second-order valence-corrected chi connectivity index (χ2v) is 11.4. The molecule has 38 heavy (non-hydrogen) atoms. The predicted molar refractivity (Wildman–Crippen MR) is 147 cm³/mol. The van der Waals surface area contributed by atoms with Gasteiger partial charge in [-0.25, -0.2) is 4.98 Å². The highest BCUT2D eigenvalue weighted by molar-refractivity contribution is 5.94. The largest absolute Gasteiger partial charge is 0.353 e. The molecule has 0 aliphatic carbocycles. The molecule has 4 saturated heterocycles. The predicted octanol–water partition coefficient (Wildman–Crippen LogP) is 3.31. The first-order valence-electron chi connectivity index (χ1n) is 14.6. The van der Waals surface area contributed by atoms with Crippen LogP contribution in [0.2, 0.25) is 0 Å². The van der Waals surface area contributed by atoms with Crippen LogP contribution in [0.5, 0.6) is 0 Å². The molecular formula is C30H40N6O2. The van der Waals surface area contributed by atoms with E-state index in [4.69, 9.17) is 0 Å². The number of carbonyl (C=O) groups excluding carboxylic acids is 2. The number of rotatable bonds is 6. The van der Waals surface area contributed by atoms with Gasteiger partial charge in [-0.1, -0.05) is 6.07 Å². The summed E-state index contributed by atoms with van der Waals surface area (Å²) in [6.07, 6.45) is 12.4. The van der Waals surface area contributed by atoms with Crippen LogP contribution in [0.25, 0.3) is 0 Å². The minimum Gasteiger partial charge on any atom is -0.353 e. The van der Waals surface area contributed by atoms with E-state index in [0.717, 1.165) is 51.4 Å². The fourth-order valence-corrected chi connectivity index (χ4v) is 7.60. The molecule has 2 aromatic rings.